The number of nitrogens with zero attached hydrogens (tertiary/aromatic N) is 2. The van der Waals surface area contributed by atoms with Crippen LogP contribution in [0.4, 0.5) is 21.5 Å². The number of benzene rings is 3. The van der Waals surface area contributed by atoms with E-state index in [2.05, 4.69) is 10.6 Å². The van der Waals surface area contributed by atoms with Crippen LogP contribution in [0.1, 0.15) is 16.1 Å². The van der Waals surface area contributed by atoms with Gasteiger partial charge in [0.15, 0.2) is 0 Å². The number of thioether (sulfide) groups is 1. The Morgan fingerprint density at radius 2 is 1.60 bits per heavy atom. The lowest BCUT2D eigenvalue weighted by Gasteiger charge is -2.13. The molecule has 0 atom stereocenters. The fourth-order valence-corrected chi connectivity index (χ4v) is 4.75. The molecular weight excluding hydrogens is 539 g/mol. The average Bonchev–Trinajstić information content (AvgIpc) is 3.54. The Hall–Kier alpha value is -5.23. The fourth-order valence-electron chi connectivity index (χ4n) is 3.80. The van der Waals surface area contributed by atoms with Crippen molar-refractivity contribution in [2.45, 2.75) is 11.4 Å². The third kappa shape index (κ3) is 5.76. The normalized spacial score (nSPS) is 13.1. The molecule has 0 radical (unpaired) electrons. The maximum Gasteiger partial charge on any atom is 0.278 e. The van der Waals surface area contributed by atoms with Crippen LogP contribution in [-0.2, 0) is 16.1 Å². The zero-order valence-corrected chi connectivity index (χ0v) is 21.3. The molecule has 1 aromatic heterocycles. The molecule has 0 spiro atoms. The molecule has 4 aromatic rings. The lowest BCUT2D eigenvalue weighted by molar-refractivity contribution is -0.384. The van der Waals surface area contributed by atoms with Gasteiger partial charge >= 0.3 is 0 Å². The minimum absolute atomic E-state index is 0.0451. The predicted octanol–water partition coefficient (Wildman–Crippen LogP) is 5.56. The summed E-state index contributed by atoms with van der Waals surface area (Å²) in [5.41, 5.74) is 1.06. The van der Waals surface area contributed by atoms with E-state index in [1.54, 1.807) is 36.4 Å². The van der Waals surface area contributed by atoms with Crippen LogP contribution < -0.4 is 10.6 Å². The smallest absolute Gasteiger partial charge is 0.278 e. The van der Waals surface area contributed by atoms with Gasteiger partial charge in [0.2, 0.25) is 0 Å². The molecule has 0 aliphatic carbocycles. The van der Waals surface area contributed by atoms with Gasteiger partial charge in [-0.15, -0.1) is 0 Å². The van der Waals surface area contributed by atoms with E-state index >= 15 is 0 Å². The lowest BCUT2D eigenvalue weighted by Crippen LogP contribution is -2.31. The highest BCUT2D eigenvalue weighted by atomic mass is 32.2. The number of halogens is 1. The number of anilines is 2. The number of nitro benzene ring substituents is 1. The summed E-state index contributed by atoms with van der Waals surface area (Å²) in [5.74, 6) is -1.54. The molecule has 10 nitrogen and oxygen atoms in total. The number of carbonyl (C=O) groups is 3. The zero-order valence-electron chi connectivity index (χ0n) is 20.5. The number of nitro groups is 1. The van der Waals surface area contributed by atoms with E-state index in [1.807, 2.05) is 0 Å². The fraction of sp³-hybridized carbons (Fsp3) is 0.0357. The second kappa shape index (κ2) is 11.3. The lowest BCUT2D eigenvalue weighted by atomic mass is 10.2. The molecule has 3 amide bonds. The minimum atomic E-state index is -0.555. The van der Waals surface area contributed by atoms with Crippen LogP contribution in [0.25, 0.3) is 0 Å². The quantitative estimate of drug-likeness (QED) is 0.155. The number of nitrogens with one attached hydrogen (secondary N) is 2. The number of amides is 3. The average molecular weight is 559 g/mol. The maximum absolute atomic E-state index is 13.4. The van der Waals surface area contributed by atoms with Crippen molar-refractivity contribution in [3.8, 4) is 0 Å². The summed E-state index contributed by atoms with van der Waals surface area (Å²) in [6.07, 6.45) is 1.45. The van der Waals surface area contributed by atoms with E-state index in [-0.39, 0.29) is 28.4 Å². The van der Waals surface area contributed by atoms with Gasteiger partial charge < -0.3 is 15.1 Å². The van der Waals surface area contributed by atoms with Crippen LogP contribution >= 0.6 is 11.8 Å². The number of non-ortho nitro benzene ring substituents is 1. The summed E-state index contributed by atoms with van der Waals surface area (Å²) in [6.45, 7) is -0.0586. The number of imide groups is 1. The molecule has 200 valence electrons. The van der Waals surface area contributed by atoms with E-state index < -0.39 is 28.5 Å². The summed E-state index contributed by atoms with van der Waals surface area (Å²) < 4.78 is 18.7. The van der Waals surface area contributed by atoms with Gasteiger partial charge in [0, 0.05) is 34.0 Å². The van der Waals surface area contributed by atoms with Gasteiger partial charge in [-0.05, 0) is 72.8 Å². The highest BCUT2D eigenvalue weighted by Crippen LogP contribution is 2.37. The number of hydrogen-bond donors (Lipinski definition) is 2. The number of furan rings is 1. The Morgan fingerprint density at radius 3 is 2.23 bits per heavy atom. The first-order valence-corrected chi connectivity index (χ1v) is 12.6. The third-order valence-electron chi connectivity index (χ3n) is 5.81. The highest BCUT2D eigenvalue weighted by Gasteiger charge is 2.39. The van der Waals surface area contributed by atoms with E-state index in [4.69, 9.17) is 4.42 Å². The standard InChI is InChI=1S/C28H19FN4O6S/c29-18-5-7-19(8-6-18)30-24-25(28(36)32(27(24)35)16-22-2-1-15-39-22)40-23-13-9-20(10-14-23)31-26(34)17-3-11-21(12-4-17)33(37)38/h1-15,30H,16H2,(H,31,34). The second-order valence-electron chi connectivity index (χ2n) is 8.50. The molecule has 2 heterocycles. The Kier molecular flexibility index (Phi) is 7.42. The summed E-state index contributed by atoms with van der Waals surface area (Å²) in [7, 11) is 0. The van der Waals surface area contributed by atoms with E-state index in [9.17, 15) is 28.9 Å². The highest BCUT2D eigenvalue weighted by molar-refractivity contribution is 8.04. The van der Waals surface area contributed by atoms with Crippen LogP contribution in [0.3, 0.4) is 0 Å². The predicted molar refractivity (Wildman–Crippen MR) is 145 cm³/mol. The van der Waals surface area contributed by atoms with Crippen LogP contribution in [0.2, 0.25) is 0 Å². The van der Waals surface area contributed by atoms with Crippen LogP contribution in [0, 0.1) is 15.9 Å². The van der Waals surface area contributed by atoms with Gasteiger partial charge in [-0.1, -0.05) is 11.8 Å². The molecule has 1 aliphatic rings. The molecule has 2 N–H and O–H groups in total. The molecule has 0 fully saturated rings. The Bertz CT molecular complexity index is 1620. The zero-order chi connectivity index (χ0) is 28.2. The van der Waals surface area contributed by atoms with Gasteiger partial charge in [0.25, 0.3) is 23.4 Å². The van der Waals surface area contributed by atoms with Crippen LogP contribution in [-0.4, -0.2) is 27.5 Å². The number of hydrogen-bond acceptors (Lipinski definition) is 8. The largest absolute Gasteiger partial charge is 0.467 e. The molecule has 5 rings (SSSR count). The van der Waals surface area contributed by atoms with Crippen molar-refractivity contribution >= 4 is 46.5 Å². The van der Waals surface area contributed by atoms with Gasteiger partial charge in [0.05, 0.1) is 17.7 Å². The number of rotatable bonds is 9. The summed E-state index contributed by atoms with van der Waals surface area (Å²) in [4.78, 5) is 51.2. The molecule has 12 heteroatoms. The van der Waals surface area contributed by atoms with Crippen molar-refractivity contribution in [2.75, 3.05) is 10.6 Å². The van der Waals surface area contributed by atoms with Gasteiger partial charge in [-0.2, -0.15) is 0 Å². The van der Waals surface area contributed by atoms with Crippen molar-refractivity contribution in [3.63, 3.8) is 0 Å². The van der Waals surface area contributed by atoms with Gasteiger partial charge in [-0.25, -0.2) is 4.39 Å². The van der Waals surface area contributed by atoms with Crippen molar-refractivity contribution < 1.29 is 28.1 Å². The second-order valence-corrected chi connectivity index (χ2v) is 9.58. The Morgan fingerprint density at radius 1 is 0.925 bits per heavy atom. The van der Waals surface area contributed by atoms with E-state index in [0.29, 0.717) is 22.0 Å². The van der Waals surface area contributed by atoms with Gasteiger partial charge in [0.1, 0.15) is 22.2 Å². The van der Waals surface area contributed by atoms with Crippen molar-refractivity contribution in [2.24, 2.45) is 0 Å². The van der Waals surface area contributed by atoms with Gasteiger partial charge in [-0.3, -0.25) is 29.4 Å². The first kappa shape index (κ1) is 26.4. The van der Waals surface area contributed by atoms with Crippen molar-refractivity contribution in [1.82, 2.24) is 4.90 Å². The van der Waals surface area contributed by atoms with Crippen LogP contribution in [0.5, 0.6) is 0 Å². The maximum atomic E-state index is 13.4. The molecule has 0 bridgehead atoms. The van der Waals surface area contributed by atoms with Crippen molar-refractivity contribution in [1.29, 1.82) is 0 Å². The summed E-state index contributed by atoms with van der Waals surface area (Å²) in [6, 6.07) is 20.5. The third-order valence-corrected chi connectivity index (χ3v) is 6.90. The molecule has 0 saturated carbocycles. The molecule has 0 unspecified atom stereocenters. The minimum Gasteiger partial charge on any atom is -0.467 e. The van der Waals surface area contributed by atoms with Crippen molar-refractivity contribution in [3.05, 3.63) is 129 Å². The monoisotopic (exact) mass is 558 g/mol. The number of carbonyl (C=O) groups excluding carboxylic acids is 3. The van der Waals surface area contributed by atoms with Crippen LogP contribution in [0.15, 0.2) is 111 Å². The Labute approximate surface area is 230 Å². The SMILES string of the molecule is O=C(Nc1ccc(SC2=C(Nc3ccc(F)cc3)C(=O)N(Cc3ccco3)C2=O)cc1)c1ccc([N+](=O)[O-])cc1. The molecule has 1 aliphatic heterocycles. The topological polar surface area (TPSA) is 135 Å². The molecule has 0 saturated heterocycles. The summed E-state index contributed by atoms with van der Waals surface area (Å²) in [5, 5.41) is 16.5. The van der Waals surface area contributed by atoms with E-state index in [1.165, 1.54) is 54.8 Å². The molecule has 3 aromatic carbocycles. The summed E-state index contributed by atoms with van der Waals surface area (Å²) >= 11 is 1.06. The van der Waals surface area contributed by atoms with E-state index in [0.717, 1.165) is 16.7 Å². The Balaban J connectivity index is 1.34. The molecular formula is C28H19FN4O6S. The molecule has 40 heavy (non-hydrogen) atoms. The first-order valence-electron chi connectivity index (χ1n) is 11.8. The first-order chi connectivity index (χ1) is 19.3.